The topological polar surface area (TPSA) is 63.4 Å². The minimum absolute atomic E-state index is 0.104. The number of halogens is 1. The average Bonchev–Trinajstić information content (AvgIpc) is 2.13. The largest absolute Gasteiger partial charge is 0.390 e. The van der Waals surface area contributed by atoms with Crippen LogP contribution in [-0.2, 0) is 6.42 Å². The van der Waals surface area contributed by atoms with Gasteiger partial charge in [0.25, 0.3) is 5.69 Å². The second-order valence-corrected chi connectivity index (χ2v) is 5.26. The molecule has 0 aliphatic carbocycles. The monoisotopic (exact) mass is 287 g/mol. The molecule has 1 aromatic carbocycles. The number of nitrogens with zero attached hydrogens (tertiary/aromatic N) is 1. The number of hydrogen-bond acceptors (Lipinski definition) is 3. The maximum absolute atomic E-state index is 10.8. The van der Waals surface area contributed by atoms with Gasteiger partial charge in [-0.25, -0.2) is 0 Å². The first-order valence-electron chi connectivity index (χ1n) is 4.95. The summed E-state index contributed by atoms with van der Waals surface area (Å²) in [7, 11) is 0. The highest BCUT2D eigenvalue weighted by molar-refractivity contribution is 9.10. The summed E-state index contributed by atoms with van der Waals surface area (Å²) in [6.45, 7) is 3.38. The molecule has 0 fully saturated rings. The van der Waals surface area contributed by atoms with Crippen molar-refractivity contribution >= 4 is 21.6 Å². The molecule has 0 bridgehead atoms. The third-order valence-corrected chi connectivity index (χ3v) is 2.74. The lowest BCUT2D eigenvalue weighted by Crippen LogP contribution is -2.19. The number of aliphatic hydroxyl groups is 1. The summed E-state index contributed by atoms with van der Waals surface area (Å²) >= 11 is 3.28. The van der Waals surface area contributed by atoms with Crippen molar-refractivity contribution in [1.82, 2.24) is 0 Å². The van der Waals surface area contributed by atoms with Gasteiger partial charge >= 0.3 is 0 Å². The number of nitro benzene ring substituents is 1. The highest BCUT2D eigenvalue weighted by Crippen LogP contribution is 2.25. The molecule has 0 aliphatic rings. The van der Waals surface area contributed by atoms with Crippen molar-refractivity contribution in [3.05, 3.63) is 38.3 Å². The van der Waals surface area contributed by atoms with Crippen molar-refractivity contribution in [1.29, 1.82) is 0 Å². The van der Waals surface area contributed by atoms with Gasteiger partial charge in [0.05, 0.1) is 10.5 Å². The van der Waals surface area contributed by atoms with Crippen LogP contribution >= 0.6 is 15.9 Å². The molecule has 0 amide bonds. The van der Waals surface area contributed by atoms with E-state index < -0.39 is 10.5 Å². The summed E-state index contributed by atoms with van der Waals surface area (Å²) < 4.78 is 0.809. The van der Waals surface area contributed by atoms with Crippen LogP contribution in [0, 0.1) is 10.1 Å². The van der Waals surface area contributed by atoms with E-state index in [2.05, 4.69) is 15.9 Å². The van der Waals surface area contributed by atoms with E-state index in [0.717, 1.165) is 4.47 Å². The van der Waals surface area contributed by atoms with E-state index in [-0.39, 0.29) is 5.69 Å². The molecule has 1 N–H and O–H groups in total. The molecule has 4 nitrogen and oxygen atoms in total. The molecule has 0 saturated heterocycles. The van der Waals surface area contributed by atoms with Gasteiger partial charge in [-0.1, -0.05) is 15.9 Å². The molecule has 1 aromatic rings. The van der Waals surface area contributed by atoms with Gasteiger partial charge < -0.3 is 5.11 Å². The molecule has 0 aliphatic heterocycles. The fourth-order valence-corrected chi connectivity index (χ4v) is 1.78. The standard InChI is InChI=1S/C11H14BrNO3/c1-11(2,14)6-5-8-7-9(12)3-4-10(8)13(15)16/h3-4,7,14H,5-6H2,1-2H3. The Bertz CT molecular complexity index is 399. The SMILES string of the molecule is CC(C)(O)CCc1cc(Br)ccc1[N+](=O)[O-]. The van der Waals surface area contributed by atoms with E-state index in [4.69, 9.17) is 0 Å². The normalized spacial score (nSPS) is 11.5. The van der Waals surface area contributed by atoms with Crippen molar-refractivity contribution in [3.8, 4) is 0 Å². The smallest absolute Gasteiger partial charge is 0.272 e. The molecular weight excluding hydrogens is 274 g/mol. The minimum atomic E-state index is -0.809. The lowest BCUT2D eigenvalue weighted by Gasteiger charge is -2.16. The van der Waals surface area contributed by atoms with E-state index in [1.165, 1.54) is 6.07 Å². The minimum Gasteiger partial charge on any atom is -0.390 e. The fourth-order valence-electron chi connectivity index (χ4n) is 1.37. The predicted molar refractivity (Wildman–Crippen MR) is 65.4 cm³/mol. The summed E-state index contributed by atoms with van der Waals surface area (Å²) in [5, 5.41) is 20.4. The van der Waals surface area contributed by atoms with E-state index in [9.17, 15) is 15.2 Å². The van der Waals surface area contributed by atoms with Crippen LogP contribution in [0.4, 0.5) is 5.69 Å². The second-order valence-electron chi connectivity index (χ2n) is 4.34. The summed E-state index contributed by atoms with van der Waals surface area (Å²) in [6, 6.07) is 4.85. The Labute approximate surface area is 103 Å². The predicted octanol–water partition coefficient (Wildman–Crippen LogP) is 3.06. The van der Waals surface area contributed by atoms with Crippen LogP contribution in [-0.4, -0.2) is 15.6 Å². The molecule has 0 heterocycles. The van der Waals surface area contributed by atoms with Crippen LogP contribution in [0.25, 0.3) is 0 Å². The first-order chi connectivity index (χ1) is 7.29. The van der Waals surface area contributed by atoms with E-state index in [1.54, 1.807) is 26.0 Å². The molecule has 0 atom stereocenters. The van der Waals surface area contributed by atoms with Crippen LogP contribution in [0.5, 0.6) is 0 Å². The highest BCUT2D eigenvalue weighted by Gasteiger charge is 2.18. The quantitative estimate of drug-likeness (QED) is 0.684. The first kappa shape index (κ1) is 13.1. The van der Waals surface area contributed by atoms with Crippen LogP contribution in [0.2, 0.25) is 0 Å². The fraction of sp³-hybridized carbons (Fsp3) is 0.455. The number of rotatable bonds is 4. The molecule has 0 aromatic heterocycles. The molecule has 16 heavy (non-hydrogen) atoms. The number of nitro groups is 1. The summed E-state index contributed by atoms with van der Waals surface area (Å²) in [4.78, 5) is 10.4. The highest BCUT2D eigenvalue weighted by atomic mass is 79.9. The van der Waals surface area contributed by atoms with Crippen molar-refractivity contribution in [2.45, 2.75) is 32.3 Å². The third-order valence-electron chi connectivity index (χ3n) is 2.24. The lowest BCUT2D eigenvalue weighted by atomic mass is 9.98. The van der Waals surface area contributed by atoms with Gasteiger partial charge in [-0.3, -0.25) is 10.1 Å². The van der Waals surface area contributed by atoms with Gasteiger partial charge in [0.1, 0.15) is 0 Å². The van der Waals surface area contributed by atoms with Crippen molar-refractivity contribution < 1.29 is 10.0 Å². The van der Waals surface area contributed by atoms with Crippen LogP contribution in [0.3, 0.4) is 0 Å². The third kappa shape index (κ3) is 3.90. The molecule has 0 unspecified atom stereocenters. The average molecular weight is 288 g/mol. The number of hydrogen-bond donors (Lipinski definition) is 1. The Kier molecular flexibility index (Phi) is 4.04. The van der Waals surface area contributed by atoms with E-state index >= 15 is 0 Å². The van der Waals surface area contributed by atoms with Crippen molar-refractivity contribution in [3.63, 3.8) is 0 Å². The zero-order valence-electron chi connectivity index (χ0n) is 9.24. The van der Waals surface area contributed by atoms with Gasteiger partial charge in [0, 0.05) is 16.1 Å². The molecule has 0 radical (unpaired) electrons. The van der Waals surface area contributed by atoms with Gasteiger partial charge in [0.2, 0.25) is 0 Å². The first-order valence-corrected chi connectivity index (χ1v) is 5.74. The maximum atomic E-state index is 10.8. The maximum Gasteiger partial charge on any atom is 0.272 e. The summed E-state index contributed by atoms with van der Waals surface area (Å²) in [6.07, 6.45) is 0.976. The number of aryl methyl sites for hydroxylation is 1. The van der Waals surface area contributed by atoms with E-state index in [0.29, 0.717) is 18.4 Å². The molecule has 5 heteroatoms. The van der Waals surface area contributed by atoms with Gasteiger partial charge in [-0.2, -0.15) is 0 Å². The number of benzene rings is 1. The van der Waals surface area contributed by atoms with Gasteiger partial charge in [-0.05, 0) is 38.8 Å². The molecule has 88 valence electrons. The Morgan fingerprint density at radius 1 is 1.50 bits per heavy atom. The molecular formula is C11H14BrNO3. The molecule has 0 spiro atoms. The lowest BCUT2D eigenvalue weighted by molar-refractivity contribution is -0.385. The van der Waals surface area contributed by atoms with Crippen LogP contribution in [0.15, 0.2) is 22.7 Å². The van der Waals surface area contributed by atoms with Crippen molar-refractivity contribution in [2.75, 3.05) is 0 Å². The van der Waals surface area contributed by atoms with Gasteiger partial charge in [-0.15, -0.1) is 0 Å². The Hall–Kier alpha value is -0.940. The second kappa shape index (κ2) is 4.93. The van der Waals surface area contributed by atoms with Crippen LogP contribution in [0.1, 0.15) is 25.8 Å². The summed E-state index contributed by atoms with van der Waals surface area (Å²) in [5.41, 5.74) is -0.0649. The van der Waals surface area contributed by atoms with Gasteiger partial charge in [0.15, 0.2) is 0 Å². The Balaban J connectivity index is 2.93. The zero-order chi connectivity index (χ0) is 12.3. The summed E-state index contributed by atoms with van der Waals surface area (Å²) in [5.74, 6) is 0. The van der Waals surface area contributed by atoms with E-state index in [1.807, 2.05) is 0 Å². The Morgan fingerprint density at radius 2 is 2.12 bits per heavy atom. The van der Waals surface area contributed by atoms with Crippen LogP contribution < -0.4 is 0 Å². The zero-order valence-corrected chi connectivity index (χ0v) is 10.8. The van der Waals surface area contributed by atoms with Crippen molar-refractivity contribution in [2.24, 2.45) is 0 Å². The Morgan fingerprint density at radius 3 is 2.62 bits per heavy atom. The molecule has 0 saturated carbocycles. The molecule has 1 rings (SSSR count).